The molecule has 1 N–H and O–H groups in total. The SMILES string of the molecule is Cc1c(-c2nc(NC3CCN(S(C)(=O)=O)CC3)ncc2F)sc2c1C(=O)N(C)C21COC1. The second kappa shape index (κ2) is 7.44. The summed E-state index contributed by atoms with van der Waals surface area (Å²) in [6.45, 7) is 3.53. The van der Waals surface area contributed by atoms with E-state index in [9.17, 15) is 17.6 Å². The van der Waals surface area contributed by atoms with Crippen LogP contribution < -0.4 is 5.32 Å². The molecule has 1 spiro atoms. The lowest BCUT2D eigenvalue weighted by molar-refractivity contribution is -0.116. The Morgan fingerprint density at radius 3 is 2.59 bits per heavy atom. The predicted octanol–water partition coefficient (Wildman–Crippen LogP) is 1.80. The number of piperidine rings is 1. The number of rotatable bonds is 4. The number of thiophene rings is 1. The molecule has 0 radical (unpaired) electrons. The van der Waals surface area contributed by atoms with E-state index in [0.717, 1.165) is 16.6 Å². The van der Waals surface area contributed by atoms with E-state index in [2.05, 4.69) is 15.3 Å². The maximum Gasteiger partial charge on any atom is 0.256 e. The van der Waals surface area contributed by atoms with Crippen molar-refractivity contribution in [2.24, 2.45) is 0 Å². The van der Waals surface area contributed by atoms with Crippen molar-refractivity contribution in [3.05, 3.63) is 28.0 Å². The van der Waals surface area contributed by atoms with Crippen LogP contribution in [0.4, 0.5) is 10.3 Å². The van der Waals surface area contributed by atoms with Crippen molar-refractivity contribution in [3.63, 3.8) is 0 Å². The average Bonchev–Trinajstić information content (AvgIpc) is 3.15. The summed E-state index contributed by atoms with van der Waals surface area (Å²) >= 11 is 1.39. The molecule has 32 heavy (non-hydrogen) atoms. The van der Waals surface area contributed by atoms with Crippen molar-refractivity contribution in [2.75, 3.05) is 44.9 Å². The zero-order valence-electron chi connectivity index (χ0n) is 18.0. The number of aromatic nitrogens is 2. The molecule has 2 aromatic rings. The fourth-order valence-corrected chi connectivity index (χ4v) is 6.93. The Hall–Kier alpha value is -2.15. The van der Waals surface area contributed by atoms with Gasteiger partial charge in [-0.05, 0) is 25.3 Å². The molecule has 3 aliphatic rings. The van der Waals surface area contributed by atoms with Gasteiger partial charge in [0.1, 0.15) is 11.2 Å². The van der Waals surface area contributed by atoms with E-state index in [-0.39, 0.29) is 23.6 Å². The summed E-state index contributed by atoms with van der Waals surface area (Å²) < 4.78 is 45.0. The van der Waals surface area contributed by atoms with Crippen LogP contribution in [0.5, 0.6) is 0 Å². The molecule has 0 bridgehead atoms. The fraction of sp³-hybridized carbons (Fsp3) is 0.550. The van der Waals surface area contributed by atoms with Gasteiger partial charge in [-0.3, -0.25) is 4.79 Å². The minimum Gasteiger partial charge on any atom is -0.376 e. The Morgan fingerprint density at radius 1 is 1.31 bits per heavy atom. The number of nitrogens with zero attached hydrogens (tertiary/aromatic N) is 4. The second-order valence-corrected chi connectivity index (χ2v) is 11.6. The Bertz CT molecular complexity index is 1200. The smallest absolute Gasteiger partial charge is 0.256 e. The highest BCUT2D eigenvalue weighted by Crippen LogP contribution is 2.51. The fourth-order valence-electron chi connectivity index (χ4n) is 4.57. The summed E-state index contributed by atoms with van der Waals surface area (Å²) in [4.78, 5) is 24.6. The van der Waals surface area contributed by atoms with Crippen molar-refractivity contribution in [1.82, 2.24) is 19.2 Å². The van der Waals surface area contributed by atoms with Gasteiger partial charge in [-0.2, -0.15) is 0 Å². The van der Waals surface area contributed by atoms with E-state index in [1.165, 1.54) is 21.9 Å². The molecule has 9 nitrogen and oxygen atoms in total. The second-order valence-electron chi connectivity index (χ2n) is 8.62. The third-order valence-corrected chi connectivity index (χ3v) is 9.42. The summed E-state index contributed by atoms with van der Waals surface area (Å²) in [6.07, 6.45) is 3.56. The number of nitrogens with one attached hydrogen (secondary N) is 1. The molecule has 1 amide bonds. The summed E-state index contributed by atoms with van der Waals surface area (Å²) in [7, 11) is -1.43. The summed E-state index contributed by atoms with van der Waals surface area (Å²) in [5.41, 5.74) is 1.05. The highest BCUT2D eigenvalue weighted by atomic mass is 32.2. The number of likely N-dealkylation sites (N-methyl/N-ethyl adjacent to an activating group) is 1. The number of hydrogen-bond donors (Lipinski definition) is 1. The van der Waals surface area contributed by atoms with Gasteiger partial charge >= 0.3 is 0 Å². The number of carbonyl (C=O) groups excluding carboxylic acids is 1. The standard InChI is InChI=1S/C20H24FN5O4S2/c1-11-14-17(20(9-30-10-20)25(2)18(14)27)31-16(11)15-13(21)8-22-19(24-15)23-12-4-6-26(7-5-12)32(3,28)29/h8,12H,4-7,9-10H2,1-3H3,(H,22,23,24). The number of anilines is 1. The first-order valence-corrected chi connectivity index (χ1v) is 13.0. The topological polar surface area (TPSA) is 105 Å². The number of amides is 1. The lowest BCUT2D eigenvalue weighted by atomic mass is 9.95. The number of fused-ring (bicyclic) bond motifs is 2. The Balaban J connectivity index is 1.42. The quantitative estimate of drug-likeness (QED) is 0.710. The van der Waals surface area contributed by atoms with Crippen LogP contribution in [-0.4, -0.2) is 79.1 Å². The minimum absolute atomic E-state index is 0.00799. The van der Waals surface area contributed by atoms with E-state index >= 15 is 0 Å². The van der Waals surface area contributed by atoms with Crippen molar-refractivity contribution in [1.29, 1.82) is 0 Å². The van der Waals surface area contributed by atoms with E-state index in [1.807, 2.05) is 6.92 Å². The molecule has 2 fully saturated rings. The highest BCUT2D eigenvalue weighted by molar-refractivity contribution is 7.88. The van der Waals surface area contributed by atoms with Crippen molar-refractivity contribution in [3.8, 4) is 10.6 Å². The molecule has 3 aliphatic heterocycles. The lowest BCUT2D eigenvalue weighted by Gasteiger charge is -2.43. The maximum atomic E-state index is 14.8. The molecule has 5 heterocycles. The third-order valence-electron chi connectivity index (χ3n) is 6.63. The molecular weight excluding hydrogens is 457 g/mol. The predicted molar refractivity (Wildman–Crippen MR) is 118 cm³/mol. The summed E-state index contributed by atoms with van der Waals surface area (Å²) in [5.74, 6) is -0.337. The zero-order valence-corrected chi connectivity index (χ0v) is 19.6. The van der Waals surface area contributed by atoms with Gasteiger partial charge in [0.15, 0.2) is 5.82 Å². The highest BCUT2D eigenvalue weighted by Gasteiger charge is 2.55. The van der Waals surface area contributed by atoms with Gasteiger partial charge < -0.3 is 15.0 Å². The summed E-state index contributed by atoms with van der Waals surface area (Å²) in [5, 5.41) is 3.21. The molecule has 5 rings (SSSR count). The van der Waals surface area contributed by atoms with Gasteiger partial charge in [0, 0.05) is 31.1 Å². The van der Waals surface area contributed by atoms with Crippen LogP contribution in [0.1, 0.15) is 33.6 Å². The van der Waals surface area contributed by atoms with Crippen LogP contribution in [-0.2, 0) is 20.3 Å². The van der Waals surface area contributed by atoms with Crippen LogP contribution in [0.15, 0.2) is 6.20 Å². The number of ether oxygens (including phenoxy) is 1. The molecule has 0 aromatic carbocycles. The first-order valence-electron chi connectivity index (χ1n) is 10.4. The molecule has 2 saturated heterocycles. The zero-order chi connectivity index (χ0) is 22.8. The number of sulfonamides is 1. The molecule has 0 saturated carbocycles. The molecule has 0 atom stereocenters. The van der Waals surface area contributed by atoms with Gasteiger partial charge in [0.2, 0.25) is 16.0 Å². The van der Waals surface area contributed by atoms with Crippen LogP contribution >= 0.6 is 11.3 Å². The maximum absolute atomic E-state index is 14.8. The van der Waals surface area contributed by atoms with Gasteiger partial charge in [-0.15, -0.1) is 11.3 Å². The van der Waals surface area contributed by atoms with Crippen molar-refractivity contribution >= 4 is 33.2 Å². The van der Waals surface area contributed by atoms with Crippen molar-refractivity contribution < 1.29 is 22.3 Å². The molecular formula is C20H24FN5O4S2. The van der Waals surface area contributed by atoms with Crippen LogP contribution in [0.25, 0.3) is 10.6 Å². The van der Waals surface area contributed by atoms with Gasteiger partial charge in [0.05, 0.1) is 36.1 Å². The molecule has 0 unspecified atom stereocenters. The lowest BCUT2D eigenvalue weighted by Crippen LogP contribution is -2.55. The van der Waals surface area contributed by atoms with Crippen LogP contribution in [0.2, 0.25) is 0 Å². The first-order chi connectivity index (χ1) is 15.1. The average molecular weight is 482 g/mol. The number of hydrogen-bond acceptors (Lipinski definition) is 8. The van der Waals surface area contributed by atoms with E-state index in [0.29, 0.717) is 49.6 Å². The third kappa shape index (κ3) is 3.23. The summed E-state index contributed by atoms with van der Waals surface area (Å²) in [6, 6.07) is -0.00799. The molecule has 12 heteroatoms. The van der Waals surface area contributed by atoms with Crippen molar-refractivity contribution in [2.45, 2.75) is 31.3 Å². The largest absolute Gasteiger partial charge is 0.376 e. The molecule has 2 aromatic heterocycles. The number of carbonyl (C=O) groups is 1. The Labute approximate surface area is 189 Å². The molecule has 172 valence electrons. The van der Waals surface area contributed by atoms with E-state index in [4.69, 9.17) is 4.74 Å². The Kier molecular flexibility index (Phi) is 5.04. The molecule has 0 aliphatic carbocycles. The number of halogens is 1. The van der Waals surface area contributed by atoms with Gasteiger partial charge in [0.25, 0.3) is 5.91 Å². The van der Waals surface area contributed by atoms with Crippen LogP contribution in [0, 0.1) is 12.7 Å². The van der Waals surface area contributed by atoms with Crippen LogP contribution in [0.3, 0.4) is 0 Å². The van der Waals surface area contributed by atoms with Gasteiger partial charge in [-0.25, -0.2) is 27.1 Å². The normalized spacial score (nSPS) is 21.1. The monoisotopic (exact) mass is 481 g/mol. The van der Waals surface area contributed by atoms with Gasteiger partial charge in [-0.1, -0.05) is 0 Å². The minimum atomic E-state index is -3.20. The van der Waals surface area contributed by atoms with E-state index < -0.39 is 21.4 Å². The first kappa shape index (κ1) is 21.7. The Morgan fingerprint density at radius 2 is 2.00 bits per heavy atom. The van der Waals surface area contributed by atoms with E-state index in [1.54, 1.807) is 11.9 Å².